The summed E-state index contributed by atoms with van der Waals surface area (Å²) >= 11 is 0. The number of carbonyl (C=O) groups excluding carboxylic acids is 1. The van der Waals surface area contributed by atoms with Gasteiger partial charge in [-0.3, -0.25) is 9.69 Å². The highest BCUT2D eigenvalue weighted by atomic mass is 35.5. The lowest BCUT2D eigenvalue weighted by Gasteiger charge is -2.66. The van der Waals surface area contributed by atoms with E-state index < -0.39 is 5.54 Å². The Labute approximate surface area is 180 Å². The van der Waals surface area contributed by atoms with Crippen molar-refractivity contribution in [2.45, 2.75) is 44.9 Å². The fourth-order valence-electron chi connectivity index (χ4n) is 5.22. The van der Waals surface area contributed by atoms with Crippen LogP contribution in [0.25, 0.3) is 0 Å². The van der Waals surface area contributed by atoms with Gasteiger partial charge in [-0.15, -0.1) is 24.8 Å². The Bertz CT molecular complexity index is 665. The third-order valence-electron chi connectivity index (χ3n) is 6.95. The molecule has 1 amide bonds. The van der Waals surface area contributed by atoms with Crippen LogP contribution in [0.4, 0.5) is 0 Å². The highest BCUT2D eigenvalue weighted by Gasteiger charge is 2.70. The first-order valence-corrected chi connectivity index (χ1v) is 9.91. The lowest BCUT2D eigenvalue weighted by Crippen LogP contribution is -2.82. The van der Waals surface area contributed by atoms with Crippen LogP contribution in [0.5, 0.6) is 0 Å². The number of rotatable bonds is 3. The first kappa shape index (κ1) is 23.4. The van der Waals surface area contributed by atoms with E-state index >= 15 is 0 Å². The van der Waals surface area contributed by atoms with Gasteiger partial charge in [0.15, 0.2) is 0 Å². The lowest BCUT2D eigenvalue weighted by molar-refractivity contribution is -0.230. The van der Waals surface area contributed by atoms with Crippen molar-refractivity contribution in [1.29, 1.82) is 0 Å². The van der Waals surface area contributed by atoms with Gasteiger partial charge in [0.25, 0.3) is 0 Å². The van der Waals surface area contributed by atoms with Gasteiger partial charge in [-0.25, -0.2) is 0 Å². The van der Waals surface area contributed by atoms with Crippen molar-refractivity contribution in [2.75, 3.05) is 32.8 Å². The molecule has 2 N–H and O–H groups in total. The van der Waals surface area contributed by atoms with Gasteiger partial charge in [0.1, 0.15) is 5.54 Å². The van der Waals surface area contributed by atoms with E-state index in [-0.39, 0.29) is 48.2 Å². The summed E-state index contributed by atoms with van der Waals surface area (Å²) in [6.07, 6.45) is 2.14. The monoisotopic (exact) mass is 429 g/mol. The van der Waals surface area contributed by atoms with Gasteiger partial charge in [-0.2, -0.15) is 0 Å². The molecule has 5 nitrogen and oxygen atoms in total. The average molecular weight is 430 g/mol. The standard InChI is InChI=1S/C21H31N3O2.2ClH/c1-20(2)18-17(9-6-14-26-18)21(20,22)19(25)24-12-10-23(11-13-24)15-16-7-4-3-5-8-16;;/h3-5,7-8,17-18H,6,9-15,22H2,1-2H3;2*1H. The van der Waals surface area contributed by atoms with Crippen molar-refractivity contribution in [3.63, 3.8) is 0 Å². The maximum Gasteiger partial charge on any atom is 0.243 e. The first-order chi connectivity index (χ1) is 12.4. The molecule has 4 rings (SSSR count). The summed E-state index contributed by atoms with van der Waals surface area (Å²) in [7, 11) is 0. The van der Waals surface area contributed by atoms with Gasteiger partial charge in [0.05, 0.1) is 6.10 Å². The molecule has 2 aliphatic heterocycles. The summed E-state index contributed by atoms with van der Waals surface area (Å²) in [4.78, 5) is 17.8. The molecule has 158 valence electrons. The van der Waals surface area contributed by atoms with Gasteiger partial charge in [-0.1, -0.05) is 44.2 Å². The second kappa shape index (κ2) is 8.88. The number of nitrogens with zero attached hydrogens (tertiary/aromatic N) is 2. The predicted octanol–water partition coefficient (Wildman–Crippen LogP) is 2.71. The Hall–Kier alpha value is -0.850. The number of piperazine rings is 1. The molecule has 1 aromatic carbocycles. The van der Waals surface area contributed by atoms with Crippen LogP contribution in [0, 0.1) is 11.3 Å². The molecule has 3 atom stereocenters. The highest BCUT2D eigenvalue weighted by Crippen LogP contribution is 2.58. The Balaban J connectivity index is 0.00000140. The Morgan fingerprint density at radius 1 is 1.14 bits per heavy atom. The van der Waals surface area contributed by atoms with Gasteiger partial charge >= 0.3 is 0 Å². The largest absolute Gasteiger partial charge is 0.377 e. The average Bonchev–Trinajstić information content (AvgIpc) is 2.68. The zero-order valence-corrected chi connectivity index (χ0v) is 18.4. The summed E-state index contributed by atoms with van der Waals surface area (Å²) in [6, 6.07) is 10.5. The molecule has 1 aromatic rings. The second-order valence-corrected chi connectivity index (χ2v) is 8.68. The van der Waals surface area contributed by atoms with Crippen LogP contribution in [0.1, 0.15) is 32.3 Å². The van der Waals surface area contributed by atoms with E-state index in [2.05, 4.69) is 43.0 Å². The van der Waals surface area contributed by atoms with Crippen LogP contribution in [0.3, 0.4) is 0 Å². The first-order valence-electron chi connectivity index (χ1n) is 9.91. The molecular formula is C21H33Cl2N3O2. The van der Waals surface area contributed by atoms with E-state index in [1.807, 2.05) is 11.0 Å². The number of benzene rings is 1. The molecule has 28 heavy (non-hydrogen) atoms. The third-order valence-corrected chi connectivity index (χ3v) is 6.95. The molecule has 0 bridgehead atoms. The van der Waals surface area contributed by atoms with E-state index in [0.717, 1.165) is 52.2 Å². The minimum Gasteiger partial charge on any atom is -0.377 e. The maximum atomic E-state index is 13.4. The Kier molecular flexibility index (Phi) is 7.43. The number of carbonyl (C=O) groups is 1. The quantitative estimate of drug-likeness (QED) is 0.801. The molecule has 7 heteroatoms. The smallest absolute Gasteiger partial charge is 0.243 e. The molecule has 3 fully saturated rings. The number of nitrogens with two attached hydrogens (primary N) is 1. The lowest BCUT2D eigenvalue weighted by atomic mass is 9.46. The van der Waals surface area contributed by atoms with Crippen molar-refractivity contribution in [1.82, 2.24) is 9.80 Å². The number of hydrogen-bond acceptors (Lipinski definition) is 4. The van der Waals surface area contributed by atoms with Crippen molar-refractivity contribution < 1.29 is 9.53 Å². The van der Waals surface area contributed by atoms with E-state index in [0.29, 0.717) is 0 Å². The molecule has 2 heterocycles. The summed E-state index contributed by atoms with van der Waals surface area (Å²) in [5.41, 5.74) is 7.03. The molecule has 3 aliphatic rings. The predicted molar refractivity (Wildman–Crippen MR) is 116 cm³/mol. The number of hydrogen-bond donors (Lipinski definition) is 1. The van der Waals surface area contributed by atoms with E-state index in [1.54, 1.807) is 0 Å². The van der Waals surface area contributed by atoms with Gasteiger partial charge < -0.3 is 15.4 Å². The molecule has 0 spiro atoms. The van der Waals surface area contributed by atoms with E-state index in [1.165, 1.54) is 5.56 Å². The Morgan fingerprint density at radius 3 is 2.43 bits per heavy atom. The van der Waals surface area contributed by atoms with Crippen LogP contribution in [0.2, 0.25) is 0 Å². The number of halogens is 2. The fourth-order valence-corrected chi connectivity index (χ4v) is 5.22. The third kappa shape index (κ3) is 3.68. The minimum absolute atomic E-state index is 0. The SMILES string of the molecule is CC1(C)C2OCCCC2C1(N)C(=O)N1CCN(Cc2ccccc2)CC1.Cl.Cl. The van der Waals surface area contributed by atoms with Crippen molar-refractivity contribution in [2.24, 2.45) is 17.1 Å². The van der Waals surface area contributed by atoms with Crippen LogP contribution in [-0.2, 0) is 16.1 Å². The number of fused-ring (bicyclic) bond motifs is 1. The fraction of sp³-hybridized carbons (Fsp3) is 0.667. The number of ether oxygens (including phenoxy) is 1. The zero-order chi connectivity index (χ0) is 18.4. The molecule has 0 radical (unpaired) electrons. The maximum absolute atomic E-state index is 13.4. The minimum atomic E-state index is -0.778. The summed E-state index contributed by atoms with van der Waals surface area (Å²) in [5, 5.41) is 0. The second-order valence-electron chi connectivity index (χ2n) is 8.68. The van der Waals surface area contributed by atoms with Crippen LogP contribution in [0.15, 0.2) is 30.3 Å². The van der Waals surface area contributed by atoms with Gasteiger partial charge in [-0.05, 0) is 18.4 Å². The van der Waals surface area contributed by atoms with Crippen LogP contribution >= 0.6 is 24.8 Å². The molecule has 0 aromatic heterocycles. The summed E-state index contributed by atoms with van der Waals surface area (Å²) in [5.74, 6) is 0.301. The van der Waals surface area contributed by atoms with E-state index in [9.17, 15) is 4.79 Å². The van der Waals surface area contributed by atoms with Crippen LogP contribution < -0.4 is 5.73 Å². The van der Waals surface area contributed by atoms with Crippen LogP contribution in [-0.4, -0.2) is 60.1 Å². The van der Waals surface area contributed by atoms with Crippen molar-refractivity contribution >= 4 is 30.7 Å². The zero-order valence-electron chi connectivity index (χ0n) is 16.8. The highest BCUT2D eigenvalue weighted by molar-refractivity contribution is 5.89. The number of amides is 1. The normalized spacial score (nSPS) is 31.6. The molecule has 1 saturated carbocycles. The van der Waals surface area contributed by atoms with E-state index in [4.69, 9.17) is 10.5 Å². The molecule has 3 unspecified atom stereocenters. The molecule has 1 aliphatic carbocycles. The molecule has 2 saturated heterocycles. The van der Waals surface area contributed by atoms with Gasteiger partial charge in [0, 0.05) is 50.7 Å². The summed E-state index contributed by atoms with van der Waals surface area (Å²) in [6.45, 7) is 9.28. The topological polar surface area (TPSA) is 58.8 Å². The van der Waals surface area contributed by atoms with Crippen molar-refractivity contribution in [3.8, 4) is 0 Å². The van der Waals surface area contributed by atoms with Crippen molar-refractivity contribution in [3.05, 3.63) is 35.9 Å². The molecular weight excluding hydrogens is 397 g/mol. The Morgan fingerprint density at radius 2 is 1.79 bits per heavy atom. The summed E-state index contributed by atoms with van der Waals surface area (Å²) < 4.78 is 5.95. The van der Waals surface area contributed by atoms with Gasteiger partial charge in [0.2, 0.25) is 5.91 Å².